The van der Waals surface area contributed by atoms with Crippen LogP contribution in [0.4, 0.5) is 29.5 Å². The molecule has 0 saturated carbocycles. The number of nitrogens with one attached hydrogen (secondary N) is 1. The number of nitrogens with zero attached hydrogens (tertiary/aromatic N) is 3. The van der Waals surface area contributed by atoms with Crippen molar-refractivity contribution in [3.63, 3.8) is 0 Å². The van der Waals surface area contributed by atoms with Gasteiger partial charge in [0.1, 0.15) is 10.7 Å². The summed E-state index contributed by atoms with van der Waals surface area (Å²) >= 11 is 3.84. The number of halogens is 4. The fourth-order valence-corrected chi connectivity index (χ4v) is 7.27. The molecule has 0 aliphatic carbocycles. The SMILES string of the molecule is CC1(C)CN(Cc2cccc(F)c2CNc2cc(Br)c(S(=O)(=O)N(C(=O)O)c3cscn3)c(F)c2F)C1. The lowest BCUT2D eigenvalue weighted by Crippen LogP contribution is -2.52. The van der Waals surface area contributed by atoms with Crippen LogP contribution in [0.5, 0.6) is 0 Å². The number of carboxylic acid groups (broad SMARTS) is 1. The average molecular weight is 619 g/mol. The van der Waals surface area contributed by atoms with E-state index in [1.54, 1.807) is 12.1 Å². The van der Waals surface area contributed by atoms with E-state index in [1.807, 2.05) is 0 Å². The van der Waals surface area contributed by atoms with Gasteiger partial charge in [0, 0.05) is 41.6 Å². The predicted octanol–water partition coefficient (Wildman–Crippen LogP) is 5.65. The summed E-state index contributed by atoms with van der Waals surface area (Å²) < 4.78 is 70.3. The van der Waals surface area contributed by atoms with E-state index < -0.39 is 54.4 Å². The Labute approximate surface area is 223 Å². The van der Waals surface area contributed by atoms with Crippen LogP contribution in [0.25, 0.3) is 0 Å². The Morgan fingerprint density at radius 2 is 1.97 bits per heavy atom. The Hall–Kier alpha value is -2.68. The van der Waals surface area contributed by atoms with Crippen LogP contribution >= 0.6 is 27.3 Å². The second-order valence-electron chi connectivity index (χ2n) is 9.30. The standard InChI is InChI=1S/C23H22BrF3N4O4S2/c1-23(2)10-30(11-23)8-13-4-3-5-16(25)14(13)7-28-17-6-15(24)21(20(27)19(17)26)37(34,35)31(22(32)33)18-9-36-12-29-18/h3-6,9,12,28H,7-8,10-11H2,1-2H3,(H,32,33). The number of likely N-dealkylation sites (tertiary alicyclic amines) is 1. The van der Waals surface area contributed by atoms with Crippen LogP contribution in [0.1, 0.15) is 25.0 Å². The molecule has 0 radical (unpaired) electrons. The number of rotatable bonds is 8. The highest BCUT2D eigenvalue weighted by atomic mass is 79.9. The lowest BCUT2D eigenvalue weighted by molar-refractivity contribution is 0.0240. The summed E-state index contributed by atoms with van der Waals surface area (Å²) in [7, 11) is -5.10. The van der Waals surface area contributed by atoms with E-state index in [9.17, 15) is 22.7 Å². The van der Waals surface area contributed by atoms with E-state index in [0.717, 1.165) is 35.9 Å². The fourth-order valence-electron chi connectivity index (χ4n) is 4.32. The van der Waals surface area contributed by atoms with Crippen LogP contribution in [0.2, 0.25) is 0 Å². The first kappa shape index (κ1) is 27.4. The molecule has 0 unspecified atom stereocenters. The van der Waals surface area contributed by atoms with Crippen molar-refractivity contribution in [1.29, 1.82) is 0 Å². The zero-order chi connectivity index (χ0) is 27.1. The van der Waals surface area contributed by atoms with Gasteiger partial charge in [-0.15, -0.1) is 15.6 Å². The first-order valence-electron chi connectivity index (χ1n) is 10.9. The molecule has 14 heteroatoms. The third kappa shape index (κ3) is 5.47. The zero-order valence-corrected chi connectivity index (χ0v) is 22.9. The van der Waals surface area contributed by atoms with Gasteiger partial charge < -0.3 is 10.4 Å². The highest BCUT2D eigenvalue weighted by Crippen LogP contribution is 2.36. The number of hydrogen-bond acceptors (Lipinski definition) is 7. The summed E-state index contributed by atoms with van der Waals surface area (Å²) in [5, 5.41) is 13.2. The van der Waals surface area contributed by atoms with Crippen molar-refractivity contribution in [2.75, 3.05) is 22.7 Å². The second-order valence-corrected chi connectivity index (χ2v) is 12.6. The number of anilines is 2. The molecule has 3 aromatic rings. The van der Waals surface area contributed by atoms with Crippen LogP contribution in [0, 0.1) is 22.9 Å². The number of aromatic nitrogens is 1. The summed E-state index contributed by atoms with van der Waals surface area (Å²) in [5.41, 5.74) is 1.89. The Morgan fingerprint density at radius 1 is 1.27 bits per heavy atom. The summed E-state index contributed by atoms with van der Waals surface area (Å²) in [6.07, 6.45) is -1.95. The first-order valence-corrected chi connectivity index (χ1v) is 14.1. The maximum absolute atomic E-state index is 15.1. The second kappa shape index (κ2) is 10.2. The minimum atomic E-state index is -5.10. The molecular formula is C23H22BrF3N4O4S2. The van der Waals surface area contributed by atoms with Gasteiger partial charge in [0.2, 0.25) is 0 Å². The van der Waals surface area contributed by atoms with Crippen molar-refractivity contribution in [1.82, 2.24) is 9.88 Å². The largest absolute Gasteiger partial charge is 0.464 e. The summed E-state index contributed by atoms with van der Waals surface area (Å²) in [6, 6.07) is 5.56. The van der Waals surface area contributed by atoms with Gasteiger partial charge in [-0.1, -0.05) is 26.0 Å². The molecule has 37 heavy (non-hydrogen) atoms. The van der Waals surface area contributed by atoms with Gasteiger partial charge in [-0.25, -0.2) is 31.4 Å². The van der Waals surface area contributed by atoms with Gasteiger partial charge in [-0.05, 0) is 39.0 Å². The molecular weight excluding hydrogens is 597 g/mol. The van der Waals surface area contributed by atoms with Crippen molar-refractivity contribution in [2.45, 2.75) is 31.8 Å². The Bertz CT molecular complexity index is 1440. The molecule has 4 rings (SSSR count). The van der Waals surface area contributed by atoms with Gasteiger partial charge in [-0.3, -0.25) is 4.90 Å². The quantitative estimate of drug-likeness (QED) is 0.314. The van der Waals surface area contributed by atoms with Crippen molar-refractivity contribution >= 4 is 54.9 Å². The highest BCUT2D eigenvalue weighted by molar-refractivity contribution is 9.10. The minimum absolute atomic E-state index is 0.137. The number of hydrogen-bond donors (Lipinski definition) is 2. The monoisotopic (exact) mass is 618 g/mol. The van der Waals surface area contributed by atoms with Crippen molar-refractivity contribution in [2.24, 2.45) is 5.41 Å². The fraction of sp³-hybridized carbons (Fsp3) is 0.304. The summed E-state index contributed by atoms with van der Waals surface area (Å²) in [4.78, 5) is 16.3. The van der Waals surface area contributed by atoms with E-state index in [0.29, 0.717) is 12.1 Å². The summed E-state index contributed by atoms with van der Waals surface area (Å²) in [5.74, 6) is -4.36. The number of benzene rings is 2. The van der Waals surface area contributed by atoms with E-state index in [-0.39, 0.29) is 21.8 Å². The highest BCUT2D eigenvalue weighted by Gasteiger charge is 2.38. The lowest BCUT2D eigenvalue weighted by Gasteiger charge is -2.46. The normalized spacial score (nSPS) is 15.3. The van der Waals surface area contributed by atoms with Gasteiger partial charge in [0.25, 0.3) is 10.0 Å². The molecule has 1 amide bonds. The average Bonchev–Trinajstić information content (AvgIpc) is 3.28. The molecule has 1 aliphatic rings. The number of carbonyl (C=O) groups is 1. The topological polar surface area (TPSA) is 103 Å². The van der Waals surface area contributed by atoms with Crippen LogP contribution in [-0.4, -0.2) is 42.6 Å². The molecule has 1 aliphatic heterocycles. The molecule has 8 nitrogen and oxygen atoms in total. The molecule has 0 spiro atoms. The van der Waals surface area contributed by atoms with E-state index in [1.165, 1.54) is 11.6 Å². The third-order valence-electron chi connectivity index (χ3n) is 5.78. The molecule has 1 saturated heterocycles. The third-order valence-corrected chi connectivity index (χ3v) is 8.99. The van der Waals surface area contributed by atoms with Crippen molar-refractivity contribution < 1.29 is 31.5 Å². The molecule has 1 fully saturated rings. The van der Waals surface area contributed by atoms with Crippen LogP contribution in [-0.2, 0) is 23.1 Å². The number of thiazole rings is 1. The van der Waals surface area contributed by atoms with E-state index in [4.69, 9.17) is 0 Å². The minimum Gasteiger partial charge on any atom is -0.464 e. The van der Waals surface area contributed by atoms with Gasteiger partial charge in [-0.2, -0.15) is 0 Å². The Balaban J connectivity index is 1.62. The van der Waals surface area contributed by atoms with Gasteiger partial charge >= 0.3 is 6.09 Å². The maximum Gasteiger partial charge on any atom is 0.427 e. The number of amides is 1. The van der Waals surface area contributed by atoms with Crippen LogP contribution < -0.4 is 9.62 Å². The Kier molecular flexibility index (Phi) is 7.57. The smallest absolute Gasteiger partial charge is 0.427 e. The molecule has 198 valence electrons. The van der Waals surface area contributed by atoms with Gasteiger partial charge in [0.05, 0.1) is 11.2 Å². The summed E-state index contributed by atoms with van der Waals surface area (Å²) in [6.45, 7) is 6.22. The van der Waals surface area contributed by atoms with Crippen molar-refractivity contribution in [3.05, 3.63) is 68.2 Å². The molecule has 2 aromatic carbocycles. The first-order chi connectivity index (χ1) is 17.3. The maximum atomic E-state index is 15.1. The predicted molar refractivity (Wildman–Crippen MR) is 137 cm³/mol. The molecule has 0 atom stereocenters. The van der Waals surface area contributed by atoms with E-state index in [2.05, 4.69) is 45.0 Å². The molecule has 0 bridgehead atoms. The molecule has 2 N–H and O–H groups in total. The lowest BCUT2D eigenvalue weighted by atomic mass is 9.84. The van der Waals surface area contributed by atoms with Crippen LogP contribution in [0.3, 0.4) is 0 Å². The van der Waals surface area contributed by atoms with E-state index >= 15 is 8.78 Å². The van der Waals surface area contributed by atoms with Crippen molar-refractivity contribution in [3.8, 4) is 0 Å². The molecule has 2 heterocycles. The Morgan fingerprint density at radius 3 is 2.57 bits per heavy atom. The van der Waals surface area contributed by atoms with Crippen LogP contribution in [0.15, 0.2) is 44.5 Å². The van der Waals surface area contributed by atoms with Gasteiger partial charge in [0.15, 0.2) is 17.5 Å². The molecule has 1 aromatic heterocycles. The zero-order valence-electron chi connectivity index (χ0n) is 19.6. The number of sulfonamides is 1.